The van der Waals surface area contributed by atoms with Crippen molar-refractivity contribution in [2.45, 2.75) is 37.4 Å². The van der Waals surface area contributed by atoms with Gasteiger partial charge in [0.25, 0.3) is 5.91 Å². The van der Waals surface area contributed by atoms with E-state index in [2.05, 4.69) is 29.4 Å². The van der Waals surface area contributed by atoms with Crippen molar-refractivity contribution < 1.29 is 4.79 Å². The summed E-state index contributed by atoms with van der Waals surface area (Å²) in [6.45, 7) is 4.20. The molecule has 1 rings (SSSR count). The van der Waals surface area contributed by atoms with E-state index in [1.807, 2.05) is 0 Å². The van der Waals surface area contributed by atoms with E-state index >= 15 is 0 Å². The molecular formula is C9H13Cl2N3OS. The molecule has 0 aliphatic heterocycles. The number of rotatable bonds is 5. The number of nitrogens with one attached hydrogen (secondary N) is 1. The zero-order chi connectivity index (χ0) is 12.1. The number of hydrogen-bond donors (Lipinski definition) is 1. The molecule has 1 atom stereocenters. The predicted octanol–water partition coefficient (Wildman–Crippen LogP) is 3.18. The van der Waals surface area contributed by atoms with Gasteiger partial charge in [-0.15, -0.1) is 10.2 Å². The second-order valence-corrected chi connectivity index (χ2v) is 5.53. The molecular weight excluding hydrogens is 269 g/mol. The molecule has 1 unspecified atom stereocenters. The van der Waals surface area contributed by atoms with Crippen molar-refractivity contribution in [3.8, 4) is 0 Å². The molecule has 1 aromatic heterocycles. The van der Waals surface area contributed by atoms with Crippen molar-refractivity contribution in [1.29, 1.82) is 0 Å². The average Bonchev–Trinajstić information content (AvgIpc) is 2.66. The molecule has 0 fully saturated rings. The van der Waals surface area contributed by atoms with Crippen LogP contribution in [0.15, 0.2) is 0 Å². The van der Waals surface area contributed by atoms with Crippen LogP contribution in [-0.2, 0) is 4.79 Å². The summed E-state index contributed by atoms with van der Waals surface area (Å²) in [6.07, 6.45) is 2.14. The minimum Gasteiger partial charge on any atom is -0.298 e. The van der Waals surface area contributed by atoms with Crippen LogP contribution in [0, 0.1) is 0 Å². The lowest BCUT2D eigenvalue weighted by molar-refractivity contribution is -0.114. The van der Waals surface area contributed by atoms with Crippen LogP contribution in [0.2, 0.25) is 0 Å². The number of anilines is 1. The molecule has 0 aromatic carbocycles. The van der Waals surface area contributed by atoms with Gasteiger partial charge in [0.2, 0.25) is 5.13 Å². The molecule has 1 aromatic rings. The van der Waals surface area contributed by atoms with Gasteiger partial charge in [-0.3, -0.25) is 10.1 Å². The van der Waals surface area contributed by atoms with Gasteiger partial charge in [0.15, 0.2) is 4.84 Å². The molecule has 16 heavy (non-hydrogen) atoms. The topological polar surface area (TPSA) is 54.9 Å². The smallest absolute Gasteiger partial charge is 0.259 e. The van der Waals surface area contributed by atoms with Crippen LogP contribution in [0.25, 0.3) is 0 Å². The largest absolute Gasteiger partial charge is 0.298 e. The zero-order valence-electron chi connectivity index (χ0n) is 9.04. The molecule has 1 heterocycles. The SMILES string of the molecule is CCCC(C)c1nnc(NC(=O)C(Cl)Cl)s1. The summed E-state index contributed by atoms with van der Waals surface area (Å²) in [5.74, 6) is -0.120. The molecule has 90 valence electrons. The van der Waals surface area contributed by atoms with E-state index < -0.39 is 10.7 Å². The monoisotopic (exact) mass is 281 g/mol. The Bertz CT molecular complexity index is 356. The lowest BCUT2D eigenvalue weighted by atomic mass is 10.1. The Hall–Kier alpha value is -0.390. The maximum Gasteiger partial charge on any atom is 0.259 e. The summed E-state index contributed by atoms with van der Waals surface area (Å²) in [4.78, 5) is 10.1. The Morgan fingerprint density at radius 1 is 1.50 bits per heavy atom. The molecule has 0 bridgehead atoms. The Kier molecular flexibility index (Phi) is 5.44. The van der Waals surface area contributed by atoms with Crippen LogP contribution in [0.4, 0.5) is 5.13 Å². The van der Waals surface area contributed by atoms with Crippen molar-refractivity contribution in [3.63, 3.8) is 0 Å². The fourth-order valence-electron chi connectivity index (χ4n) is 1.20. The first kappa shape index (κ1) is 13.7. The maximum absolute atomic E-state index is 11.2. The minimum atomic E-state index is -1.08. The van der Waals surface area contributed by atoms with Gasteiger partial charge >= 0.3 is 0 Å². The van der Waals surface area contributed by atoms with E-state index in [1.165, 1.54) is 11.3 Å². The minimum absolute atomic E-state index is 0.357. The molecule has 1 N–H and O–H groups in total. The number of nitrogens with zero attached hydrogens (tertiary/aromatic N) is 2. The first-order valence-corrected chi connectivity index (χ1v) is 6.66. The van der Waals surface area contributed by atoms with Crippen molar-refractivity contribution in [2.75, 3.05) is 5.32 Å². The van der Waals surface area contributed by atoms with Gasteiger partial charge in [-0.05, 0) is 6.42 Å². The van der Waals surface area contributed by atoms with Gasteiger partial charge < -0.3 is 0 Å². The summed E-state index contributed by atoms with van der Waals surface area (Å²) >= 11 is 12.2. The van der Waals surface area contributed by atoms with Crippen LogP contribution in [0.3, 0.4) is 0 Å². The van der Waals surface area contributed by atoms with Crippen LogP contribution < -0.4 is 5.32 Å². The summed E-state index contributed by atoms with van der Waals surface area (Å²) in [7, 11) is 0. The van der Waals surface area contributed by atoms with Crippen LogP contribution in [0.5, 0.6) is 0 Å². The second kappa shape index (κ2) is 6.37. The molecule has 0 saturated carbocycles. The van der Waals surface area contributed by atoms with Gasteiger partial charge in [-0.1, -0.05) is 54.8 Å². The van der Waals surface area contributed by atoms with E-state index in [1.54, 1.807) is 0 Å². The molecule has 0 aliphatic rings. The first-order valence-electron chi connectivity index (χ1n) is 4.97. The maximum atomic E-state index is 11.2. The molecule has 4 nitrogen and oxygen atoms in total. The van der Waals surface area contributed by atoms with E-state index in [4.69, 9.17) is 23.2 Å². The molecule has 0 aliphatic carbocycles. The molecule has 0 radical (unpaired) electrons. The van der Waals surface area contributed by atoms with Gasteiger partial charge in [0.05, 0.1) is 0 Å². The second-order valence-electron chi connectivity index (χ2n) is 3.43. The average molecular weight is 282 g/mol. The highest BCUT2D eigenvalue weighted by Gasteiger charge is 2.16. The van der Waals surface area contributed by atoms with E-state index in [0.29, 0.717) is 11.0 Å². The molecule has 7 heteroatoms. The summed E-state index contributed by atoms with van der Waals surface area (Å²) in [5.41, 5.74) is 0. The summed E-state index contributed by atoms with van der Waals surface area (Å²) < 4.78 is 0. The number of hydrogen-bond acceptors (Lipinski definition) is 4. The third-order valence-electron chi connectivity index (χ3n) is 2.01. The summed E-state index contributed by atoms with van der Waals surface area (Å²) in [5, 5.41) is 11.7. The highest BCUT2D eigenvalue weighted by Crippen LogP contribution is 2.26. The predicted molar refractivity (Wildman–Crippen MR) is 67.4 cm³/mol. The fourth-order valence-corrected chi connectivity index (χ4v) is 2.14. The standard InChI is InChI=1S/C9H13Cl2N3OS/c1-3-4-5(2)8-13-14-9(16-8)12-7(15)6(10)11/h5-6H,3-4H2,1-2H3,(H,12,14,15). The van der Waals surface area contributed by atoms with Crippen LogP contribution in [0.1, 0.15) is 37.6 Å². The van der Waals surface area contributed by atoms with Crippen molar-refractivity contribution in [3.05, 3.63) is 5.01 Å². The first-order chi connectivity index (χ1) is 7.54. The lowest BCUT2D eigenvalue weighted by Gasteiger charge is -2.03. The molecule has 1 amide bonds. The normalized spacial score (nSPS) is 12.8. The molecule has 0 spiro atoms. The summed E-state index contributed by atoms with van der Waals surface area (Å²) in [6, 6.07) is 0. The van der Waals surface area contributed by atoms with Gasteiger partial charge in [-0.25, -0.2) is 0 Å². The Morgan fingerprint density at radius 3 is 2.75 bits per heavy atom. The number of aromatic nitrogens is 2. The lowest BCUT2D eigenvalue weighted by Crippen LogP contribution is -2.18. The highest BCUT2D eigenvalue weighted by atomic mass is 35.5. The Morgan fingerprint density at radius 2 is 2.19 bits per heavy atom. The van der Waals surface area contributed by atoms with Gasteiger partial charge in [-0.2, -0.15) is 0 Å². The van der Waals surface area contributed by atoms with Crippen molar-refractivity contribution >= 4 is 45.6 Å². The zero-order valence-corrected chi connectivity index (χ0v) is 11.4. The number of halogens is 2. The Balaban J connectivity index is 2.61. The van der Waals surface area contributed by atoms with Crippen LogP contribution in [-0.4, -0.2) is 20.9 Å². The van der Waals surface area contributed by atoms with Crippen molar-refractivity contribution in [1.82, 2.24) is 10.2 Å². The van der Waals surface area contributed by atoms with E-state index in [9.17, 15) is 4.79 Å². The Labute approximate surface area is 108 Å². The number of amides is 1. The van der Waals surface area contributed by atoms with Gasteiger partial charge in [0, 0.05) is 5.92 Å². The number of carbonyl (C=O) groups is 1. The highest BCUT2D eigenvalue weighted by molar-refractivity contribution is 7.15. The van der Waals surface area contributed by atoms with E-state index in [0.717, 1.165) is 17.8 Å². The van der Waals surface area contributed by atoms with Gasteiger partial charge in [0.1, 0.15) is 5.01 Å². The van der Waals surface area contributed by atoms with Crippen LogP contribution >= 0.6 is 34.5 Å². The molecule has 0 saturated heterocycles. The third-order valence-corrected chi connectivity index (χ3v) is 3.48. The quantitative estimate of drug-likeness (QED) is 0.844. The van der Waals surface area contributed by atoms with Crippen molar-refractivity contribution in [2.24, 2.45) is 0 Å². The fraction of sp³-hybridized carbons (Fsp3) is 0.667. The number of alkyl halides is 2. The third kappa shape index (κ3) is 3.88. The van der Waals surface area contributed by atoms with E-state index in [-0.39, 0.29) is 0 Å². The number of carbonyl (C=O) groups excluding carboxylic acids is 1.